The largest absolute Gasteiger partial charge is 0.489 e. The highest BCUT2D eigenvalue weighted by Gasteiger charge is 2.30. The van der Waals surface area contributed by atoms with E-state index in [4.69, 9.17) is 0 Å². The molecule has 138 valence electrons. The molecule has 28 heavy (non-hydrogen) atoms. The van der Waals surface area contributed by atoms with Crippen molar-refractivity contribution >= 4 is 41.6 Å². The summed E-state index contributed by atoms with van der Waals surface area (Å²) >= 11 is 0. The van der Waals surface area contributed by atoms with Crippen molar-refractivity contribution in [2.45, 2.75) is 19.3 Å². The zero-order chi connectivity index (χ0) is 19.8. The quantitative estimate of drug-likeness (QED) is 0.639. The van der Waals surface area contributed by atoms with E-state index in [-0.39, 0.29) is 5.92 Å². The van der Waals surface area contributed by atoms with E-state index in [0.717, 1.165) is 39.8 Å². The second kappa shape index (κ2) is 7.27. The molecule has 0 amide bonds. The van der Waals surface area contributed by atoms with E-state index in [1.807, 2.05) is 18.2 Å². The van der Waals surface area contributed by atoms with Crippen molar-refractivity contribution in [3.05, 3.63) is 84.0 Å². The molecule has 0 heterocycles. The van der Waals surface area contributed by atoms with Crippen molar-refractivity contribution in [2.75, 3.05) is 0 Å². The monoisotopic (exact) mass is 366 g/mol. The van der Waals surface area contributed by atoms with Gasteiger partial charge in [-0.3, -0.25) is 0 Å². The fourth-order valence-corrected chi connectivity index (χ4v) is 4.41. The molecule has 0 aromatic heterocycles. The van der Waals surface area contributed by atoms with E-state index in [1.165, 1.54) is 10.8 Å². The Morgan fingerprint density at radius 2 is 1.71 bits per heavy atom. The van der Waals surface area contributed by atoms with Crippen LogP contribution in [0.2, 0.25) is 0 Å². The highest BCUT2D eigenvalue weighted by molar-refractivity contribution is 6.61. The van der Waals surface area contributed by atoms with Gasteiger partial charge < -0.3 is 10.0 Å². The molecule has 2 N–H and O–H groups in total. The van der Waals surface area contributed by atoms with Gasteiger partial charge in [-0.15, -0.1) is 0 Å². The average molecular weight is 366 g/mol. The highest BCUT2D eigenvalue weighted by Crippen LogP contribution is 2.42. The van der Waals surface area contributed by atoms with Gasteiger partial charge >= 0.3 is 7.12 Å². The molecule has 0 saturated heterocycles. The third-order valence-electron chi connectivity index (χ3n) is 5.67. The molecule has 0 fully saturated rings. The lowest BCUT2D eigenvalue weighted by Gasteiger charge is -2.28. The number of fused-ring (bicyclic) bond motifs is 2. The van der Waals surface area contributed by atoms with Crippen LogP contribution in [0.5, 0.6) is 0 Å². The van der Waals surface area contributed by atoms with Crippen LogP contribution in [0.15, 0.2) is 61.7 Å². The molecule has 1 atom stereocenters. The minimum Gasteiger partial charge on any atom is -0.423 e. The van der Waals surface area contributed by atoms with Gasteiger partial charge in [-0.1, -0.05) is 80.8 Å². The Bertz CT molecular complexity index is 1130. The summed E-state index contributed by atoms with van der Waals surface area (Å²) in [6.07, 6.45) is 8.53. The van der Waals surface area contributed by atoms with Gasteiger partial charge in [0, 0.05) is 0 Å². The molecule has 0 radical (unpaired) electrons. The van der Waals surface area contributed by atoms with Crippen molar-refractivity contribution in [2.24, 2.45) is 0 Å². The van der Waals surface area contributed by atoms with Gasteiger partial charge in [0.25, 0.3) is 0 Å². The predicted molar refractivity (Wildman–Crippen MR) is 121 cm³/mol. The molecule has 1 aliphatic rings. The zero-order valence-corrected chi connectivity index (χ0v) is 16.0. The maximum absolute atomic E-state index is 10.1. The molecular weight excluding hydrogens is 343 g/mol. The Morgan fingerprint density at radius 1 is 1.00 bits per heavy atom. The number of allylic oxidation sites excluding steroid dienone is 1. The molecular formula is C25H23BO2. The second-order valence-electron chi connectivity index (χ2n) is 7.33. The van der Waals surface area contributed by atoms with Crippen molar-refractivity contribution < 1.29 is 10.0 Å². The molecule has 3 aromatic carbocycles. The van der Waals surface area contributed by atoms with Gasteiger partial charge in [-0.2, -0.15) is 0 Å². The van der Waals surface area contributed by atoms with E-state index < -0.39 is 7.12 Å². The Labute approximate surface area is 166 Å². The van der Waals surface area contributed by atoms with Crippen molar-refractivity contribution in [1.82, 2.24) is 0 Å². The third kappa shape index (κ3) is 2.84. The van der Waals surface area contributed by atoms with Crippen LogP contribution in [0.4, 0.5) is 0 Å². The summed E-state index contributed by atoms with van der Waals surface area (Å²) in [6, 6.07) is 14.8. The summed E-state index contributed by atoms with van der Waals surface area (Å²) in [6.45, 7) is 10.2. The van der Waals surface area contributed by atoms with Crippen LogP contribution >= 0.6 is 0 Å². The lowest BCUT2D eigenvalue weighted by atomic mass is 9.66. The molecule has 3 aromatic rings. The number of rotatable bonds is 4. The first-order chi connectivity index (χ1) is 13.6. The Balaban J connectivity index is 2.15. The summed E-state index contributed by atoms with van der Waals surface area (Å²) in [5.41, 5.74) is 6.37. The van der Waals surface area contributed by atoms with Crippen LogP contribution in [0.1, 0.15) is 41.5 Å². The van der Waals surface area contributed by atoms with Crippen LogP contribution in [-0.2, 0) is 0 Å². The van der Waals surface area contributed by atoms with Crippen LogP contribution in [0.25, 0.3) is 40.1 Å². The van der Waals surface area contributed by atoms with Crippen molar-refractivity contribution in [1.29, 1.82) is 0 Å². The first-order valence-electron chi connectivity index (χ1n) is 9.57. The molecule has 0 bridgehead atoms. The topological polar surface area (TPSA) is 40.5 Å². The maximum atomic E-state index is 10.1. The Kier molecular flexibility index (Phi) is 4.80. The fourth-order valence-electron chi connectivity index (χ4n) is 4.41. The minimum atomic E-state index is -1.57. The van der Waals surface area contributed by atoms with Gasteiger partial charge in [0.2, 0.25) is 0 Å². The van der Waals surface area contributed by atoms with Crippen LogP contribution in [-0.4, -0.2) is 17.2 Å². The second-order valence-corrected chi connectivity index (χ2v) is 7.33. The van der Waals surface area contributed by atoms with Crippen molar-refractivity contribution in [3.63, 3.8) is 0 Å². The van der Waals surface area contributed by atoms with Gasteiger partial charge in [-0.05, 0) is 68.0 Å². The maximum Gasteiger partial charge on any atom is 0.489 e. The summed E-state index contributed by atoms with van der Waals surface area (Å²) in [5, 5.41) is 22.6. The highest BCUT2D eigenvalue weighted by atomic mass is 16.4. The van der Waals surface area contributed by atoms with E-state index in [1.54, 1.807) is 12.2 Å². The number of benzene rings is 3. The standard InChI is InChI=1S/C25H23BO2/c1-4-20-21(5-2)25(26(27)28)22-12-8-9-16(3)23(22)24(20)19-14-13-17-10-6-7-11-18(17)15-19/h4-8,10-16,27-28H,1-2,9H2,3H3. The van der Waals surface area contributed by atoms with E-state index in [2.05, 4.69) is 56.5 Å². The molecule has 0 aliphatic heterocycles. The fraction of sp³-hybridized carbons (Fsp3) is 0.120. The third-order valence-corrected chi connectivity index (χ3v) is 5.67. The van der Waals surface area contributed by atoms with E-state index in [0.29, 0.717) is 5.46 Å². The molecule has 4 rings (SSSR count). The Hall–Kier alpha value is -2.88. The number of hydrogen-bond donors (Lipinski definition) is 2. The van der Waals surface area contributed by atoms with Gasteiger partial charge in [-0.25, -0.2) is 0 Å². The minimum absolute atomic E-state index is 0.261. The van der Waals surface area contributed by atoms with E-state index in [9.17, 15) is 10.0 Å². The normalized spacial score (nSPS) is 15.3. The lowest BCUT2D eigenvalue weighted by molar-refractivity contribution is 0.425. The zero-order valence-electron chi connectivity index (χ0n) is 16.0. The molecule has 1 unspecified atom stereocenters. The molecule has 1 aliphatic carbocycles. The predicted octanol–water partition coefficient (Wildman–Crippen LogP) is 4.99. The van der Waals surface area contributed by atoms with Gasteiger partial charge in [0.15, 0.2) is 0 Å². The van der Waals surface area contributed by atoms with E-state index >= 15 is 0 Å². The first kappa shape index (κ1) is 18.5. The molecule has 0 saturated carbocycles. The van der Waals surface area contributed by atoms with Crippen LogP contribution < -0.4 is 5.46 Å². The smallest absolute Gasteiger partial charge is 0.423 e. The SMILES string of the molecule is C=Cc1c(C=C)c(-c2ccc3ccccc3c2)c2c(c1B(O)O)C=CCC2C. The lowest BCUT2D eigenvalue weighted by Crippen LogP contribution is -2.37. The van der Waals surface area contributed by atoms with Crippen LogP contribution in [0, 0.1) is 0 Å². The summed E-state index contributed by atoms with van der Waals surface area (Å²) in [4.78, 5) is 0. The van der Waals surface area contributed by atoms with Crippen molar-refractivity contribution in [3.8, 4) is 11.1 Å². The van der Waals surface area contributed by atoms with Gasteiger partial charge in [0.05, 0.1) is 0 Å². The molecule has 2 nitrogen and oxygen atoms in total. The van der Waals surface area contributed by atoms with Gasteiger partial charge in [0.1, 0.15) is 0 Å². The first-order valence-corrected chi connectivity index (χ1v) is 9.57. The van der Waals surface area contributed by atoms with Crippen LogP contribution in [0.3, 0.4) is 0 Å². The average Bonchev–Trinajstić information content (AvgIpc) is 2.71. The summed E-state index contributed by atoms with van der Waals surface area (Å²) < 4.78 is 0. The summed E-state index contributed by atoms with van der Waals surface area (Å²) in [7, 11) is -1.57. The molecule has 0 spiro atoms. The summed E-state index contributed by atoms with van der Waals surface area (Å²) in [5.74, 6) is 0.261. The Morgan fingerprint density at radius 3 is 2.39 bits per heavy atom. The number of hydrogen-bond acceptors (Lipinski definition) is 2. The molecule has 3 heteroatoms.